The van der Waals surface area contributed by atoms with Crippen LogP contribution in [0.15, 0.2) is 84.9 Å². The fourth-order valence-corrected chi connectivity index (χ4v) is 3.79. The molecule has 0 aliphatic heterocycles. The summed E-state index contributed by atoms with van der Waals surface area (Å²) in [4.78, 5) is 16.6. The van der Waals surface area contributed by atoms with Gasteiger partial charge in [-0.25, -0.2) is 4.98 Å². The second kappa shape index (κ2) is 11.9. The fraction of sp³-hybridized carbons (Fsp3) is 0.138. The number of para-hydroxylation sites is 1. The van der Waals surface area contributed by atoms with Crippen LogP contribution in [0.2, 0.25) is 0 Å². The van der Waals surface area contributed by atoms with E-state index in [9.17, 15) is 33.3 Å². The molecule has 0 saturated carbocycles. The average molecular weight is 550 g/mol. The molecule has 4 aromatic rings. The largest absolute Gasteiger partial charge is 0.507 e. The molecule has 2 unspecified atom stereocenters. The SMILES string of the molecule is N#Cc1ccc(Oc2ccc(-c3cccc(C(O)C(O)CNC(=O)c4ccccc4O)n3)cc2)cc1C(F)(F)F. The van der Waals surface area contributed by atoms with Gasteiger partial charge in [0.2, 0.25) is 0 Å². The zero-order chi connectivity index (χ0) is 28.9. The number of pyridine rings is 1. The van der Waals surface area contributed by atoms with Crippen molar-refractivity contribution < 1.29 is 38.0 Å². The number of phenolic OH excluding ortho intramolecular Hbond substituents is 1. The van der Waals surface area contributed by atoms with Gasteiger partial charge in [-0.3, -0.25) is 4.79 Å². The topological polar surface area (TPSA) is 136 Å². The number of aliphatic hydroxyl groups excluding tert-OH is 2. The Hall–Kier alpha value is -4.92. The molecule has 8 nitrogen and oxygen atoms in total. The average Bonchev–Trinajstić information content (AvgIpc) is 2.95. The molecule has 0 saturated heterocycles. The molecule has 0 spiro atoms. The molecule has 1 amide bonds. The Balaban J connectivity index is 1.43. The third-order valence-corrected chi connectivity index (χ3v) is 5.86. The second-order valence-electron chi connectivity index (χ2n) is 8.63. The number of hydrogen-bond donors (Lipinski definition) is 4. The first-order chi connectivity index (χ1) is 19.1. The van der Waals surface area contributed by atoms with Crippen molar-refractivity contribution in [1.29, 1.82) is 5.26 Å². The Morgan fingerprint density at radius 1 is 0.975 bits per heavy atom. The van der Waals surface area contributed by atoms with E-state index >= 15 is 0 Å². The van der Waals surface area contributed by atoms with E-state index in [1.54, 1.807) is 36.4 Å². The lowest BCUT2D eigenvalue weighted by Gasteiger charge is -2.19. The lowest BCUT2D eigenvalue weighted by molar-refractivity contribution is -0.137. The molecule has 3 aromatic carbocycles. The number of rotatable bonds is 8. The van der Waals surface area contributed by atoms with Crippen molar-refractivity contribution in [3.8, 4) is 34.6 Å². The highest BCUT2D eigenvalue weighted by atomic mass is 19.4. The van der Waals surface area contributed by atoms with E-state index in [4.69, 9.17) is 10.00 Å². The van der Waals surface area contributed by atoms with Crippen molar-refractivity contribution in [3.63, 3.8) is 0 Å². The molecule has 0 aliphatic rings. The molecule has 4 rings (SSSR count). The number of nitriles is 1. The number of carbonyl (C=O) groups excluding carboxylic acids is 1. The van der Waals surface area contributed by atoms with Gasteiger partial charge in [-0.05, 0) is 66.7 Å². The van der Waals surface area contributed by atoms with Gasteiger partial charge >= 0.3 is 6.18 Å². The van der Waals surface area contributed by atoms with Gasteiger partial charge in [0, 0.05) is 12.1 Å². The zero-order valence-electron chi connectivity index (χ0n) is 20.6. The highest BCUT2D eigenvalue weighted by Gasteiger charge is 2.34. The minimum absolute atomic E-state index is 0.0247. The van der Waals surface area contributed by atoms with Crippen LogP contribution in [0.3, 0.4) is 0 Å². The number of ether oxygens (including phenoxy) is 1. The van der Waals surface area contributed by atoms with Gasteiger partial charge < -0.3 is 25.4 Å². The summed E-state index contributed by atoms with van der Waals surface area (Å²) in [6.07, 6.45) is -7.55. The Bertz CT molecular complexity index is 1550. The minimum atomic E-state index is -4.71. The van der Waals surface area contributed by atoms with Crippen molar-refractivity contribution in [2.75, 3.05) is 6.54 Å². The highest BCUT2D eigenvalue weighted by molar-refractivity contribution is 5.96. The number of nitrogens with one attached hydrogen (secondary N) is 1. The Labute approximate surface area is 226 Å². The first-order valence-electron chi connectivity index (χ1n) is 11.9. The zero-order valence-corrected chi connectivity index (χ0v) is 20.6. The fourth-order valence-electron chi connectivity index (χ4n) is 3.79. The number of hydrogen-bond acceptors (Lipinski definition) is 7. The van der Waals surface area contributed by atoms with Gasteiger partial charge in [0.05, 0.1) is 34.1 Å². The van der Waals surface area contributed by atoms with Crippen molar-refractivity contribution in [3.05, 3.63) is 107 Å². The van der Waals surface area contributed by atoms with Crippen molar-refractivity contribution in [2.45, 2.75) is 18.4 Å². The van der Waals surface area contributed by atoms with Crippen LogP contribution in [-0.2, 0) is 6.18 Å². The van der Waals surface area contributed by atoms with E-state index in [0.717, 1.165) is 12.1 Å². The van der Waals surface area contributed by atoms with E-state index in [0.29, 0.717) is 11.3 Å². The van der Waals surface area contributed by atoms with E-state index in [1.165, 1.54) is 42.5 Å². The third kappa shape index (κ3) is 6.55. The molecule has 1 aromatic heterocycles. The van der Waals surface area contributed by atoms with E-state index < -0.39 is 35.4 Å². The standard InChI is InChI=1S/C29H22F3N3O5/c30-29(31,32)22-14-20(13-10-18(22)15-33)40-19-11-8-17(9-12-19)23-5-3-6-24(35-23)27(38)26(37)16-34-28(39)21-4-1-2-7-25(21)36/h1-14,26-27,36-38H,16H2,(H,34,39). The smallest absolute Gasteiger partial charge is 0.417 e. The predicted octanol–water partition coefficient (Wildman–Crippen LogP) is 4.96. The Morgan fingerprint density at radius 2 is 1.68 bits per heavy atom. The molecule has 1 heterocycles. The number of aromatic hydroxyl groups is 1. The molecule has 0 bridgehead atoms. The molecule has 0 fully saturated rings. The van der Waals surface area contributed by atoms with Crippen LogP contribution in [0.1, 0.15) is 33.3 Å². The summed E-state index contributed by atoms with van der Waals surface area (Å²) in [6.45, 7) is -0.308. The number of carbonyl (C=O) groups is 1. The molecule has 4 N–H and O–H groups in total. The van der Waals surface area contributed by atoms with Crippen LogP contribution < -0.4 is 10.1 Å². The van der Waals surface area contributed by atoms with Crippen LogP contribution in [0.25, 0.3) is 11.3 Å². The Morgan fingerprint density at radius 3 is 2.35 bits per heavy atom. The minimum Gasteiger partial charge on any atom is -0.507 e. The number of phenols is 1. The third-order valence-electron chi connectivity index (χ3n) is 5.86. The van der Waals surface area contributed by atoms with Crippen LogP contribution in [0.5, 0.6) is 17.2 Å². The van der Waals surface area contributed by atoms with Crippen molar-refractivity contribution >= 4 is 5.91 Å². The van der Waals surface area contributed by atoms with Gasteiger partial charge in [-0.2, -0.15) is 18.4 Å². The van der Waals surface area contributed by atoms with Gasteiger partial charge in [-0.1, -0.05) is 18.2 Å². The highest BCUT2D eigenvalue weighted by Crippen LogP contribution is 2.35. The van der Waals surface area contributed by atoms with Crippen molar-refractivity contribution in [1.82, 2.24) is 10.3 Å². The van der Waals surface area contributed by atoms with E-state index in [1.807, 2.05) is 0 Å². The van der Waals surface area contributed by atoms with Crippen LogP contribution in [0.4, 0.5) is 13.2 Å². The first-order valence-corrected chi connectivity index (χ1v) is 11.9. The second-order valence-corrected chi connectivity index (χ2v) is 8.63. The number of aromatic nitrogens is 1. The van der Waals surface area contributed by atoms with Gasteiger partial charge in [0.1, 0.15) is 29.5 Å². The number of aliphatic hydroxyl groups is 2. The summed E-state index contributed by atoms with van der Waals surface area (Å²) < 4.78 is 45.2. The number of halogens is 3. The number of benzene rings is 3. The molecule has 11 heteroatoms. The van der Waals surface area contributed by atoms with E-state index in [-0.39, 0.29) is 35.1 Å². The van der Waals surface area contributed by atoms with Gasteiger partial charge in [0.25, 0.3) is 5.91 Å². The normalized spacial score (nSPS) is 12.7. The summed E-state index contributed by atoms with van der Waals surface area (Å²) in [6, 6.07) is 21.5. The van der Waals surface area contributed by atoms with Crippen molar-refractivity contribution in [2.24, 2.45) is 0 Å². The summed E-state index contributed by atoms with van der Waals surface area (Å²) >= 11 is 0. The summed E-state index contributed by atoms with van der Waals surface area (Å²) in [5.74, 6) is -0.688. The first kappa shape index (κ1) is 28.1. The molecular weight excluding hydrogens is 527 g/mol. The maximum atomic E-state index is 13.2. The van der Waals surface area contributed by atoms with Gasteiger partial charge in [-0.15, -0.1) is 0 Å². The van der Waals surface area contributed by atoms with E-state index in [2.05, 4.69) is 10.3 Å². The lowest BCUT2D eigenvalue weighted by atomic mass is 10.1. The molecule has 2 atom stereocenters. The monoisotopic (exact) mass is 549 g/mol. The maximum Gasteiger partial charge on any atom is 0.417 e. The Kier molecular flexibility index (Phi) is 8.33. The quantitative estimate of drug-likeness (QED) is 0.244. The molecule has 0 radical (unpaired) electrons. The van der Waals surface area contributed by atoms with Crippen LogP contribution >= 0.6 is 0 Å². The molecule has 204 valence electrons. The maximum absolute atomic E-state index is 13.2. The van der Waals surface area contributed by atoms with Gasteiger partial charge in [0.15, 0.2) is 0 Å². The number of nitrogens with zero attached hydrogens (tertiary/aromatic N) is 2. The lowest BCUT2D eigenvalue weighted by Crippen LogP contribution is -2.35. The molecule has 40 heavy (non-hydrogen) atoms. The number of alkyl halides is 3. The molecular formula is C29H22F3N3O5. The molecule has 0 aliphatic carbocycles. The summed E-state index contributed by atoms with van der Waals surface area (Å²) in [7, 11) is 0. The summed E-state index contributed by atoms with van der Waals surface area (Å²) in [5.41, 5.74) is -0.406. The van der Waals surface area contributed by atoms with Crippen LogP contribution in [-0.4, -0.2) is 38.9 Å². The predicted molar refractivity (Wildman–Crippen MR) is 137 cm³/mol. The van der Waals surface area contributed by atoms with Crippen LogP contribution in [0, 0.1) is 11.3 Å². The number of amides is 1. The summed E-state index contributed by atoms with van der Waals surface area (Å²) in [5, 5.41) is 42.2.